The van der Waals surface area contributed by atoms with Gasteiger partial charge in [-0.1, -0.05) is 56.9 Å². The predicted octanol–water partition coefficient (Wildman–Crippen LogP) is 4.88. The van der Waals surface area contributed by atoms with E-state index in [9.17, 15) is 14.4 Å². The van der Waals surface area contributed by atoms with Gasteiger partial charge >= 0.3 is 6.09 Å². The molecule has 1 unspecified atom stereocenters. The molecule has 0 saturated heterocycles. The van der Waals surface area contributed by atoms with Gasteiger partial charge in [-0.15, -0.1) is 0 Å². The second kappa shape index (κ2) is 13.9. The van der Waals surface area contributed by atoms with Gasteiger partial charge in [-0.25, -0.2) is 4.79 Å². The average molecular weight is 462 g/mol. The van der Waals surface area contributed by atoms with Crippen LogP contribution in [0.4, 0.5) is 4.79 Å². The fraction of sp³-hybridized carbons (Fsp3) is 0.654. The third-order valence-electron chi connectivity index (χ3n) is 5.08. The lowest BCUT2D eigenvalue weighted by atomic mass is 9.98. The van der Waals surface area contributed by atoms with Crippen molar-refractivity contribution in [2.24, 2.45) is 0 Å². The highest BCUT2D eigenvalue weighted by Gasteiger charge is 2.32. The van der Waals surface area contributed by atoms with Crippen LogP contribution in [0.25, 0.3) is 0 Å². The van der Waals surface area contributed by atoms with Crippen LogP contribution in [-0.2, 0) is 14.3 Å². The number of aryl methyl sites for hydroxylation is 1. The molecule has 1 aromatic rings. The summed E-state index contributed by atoms with van der Waals surface area (Å²) in [6.07, 6.45) is 4.47. The van der Waals surface area contributed by atoms with Crippen LogP contribution >= 0.6 is 0 Å². The van der Waals surface area contributed by atoms with Gasteiger partial charge in [0.15, 0.2) is 0 Å². The number of alkyl carbamates (subject to hydrolysis) is 1. The van der Waals surface area contributed by atoms with E-state index in [4.69, 9.17) is 4.74 Å². The molecule has 0 aliphatic rings. The molecule has 7 nitrogen and oxygen atoms in total. The Balaban J connectivity index is 3.16. The molecular formula is C26H43N3O4. The first-order chi connectivity index (χ1) is 15.5. The lowest BCUT2D eigenvalue weighted by molar-refractivity contribution is -0.140. The minimum Gasteiger partial charge on any atom is -0.444 e. The van der Waals surface area contributed by atoms with Crippen molar-refractivity contribution in [3.63, 3.8) is 0 Å². The number of carbonyl (C=O) groups is 3. The van der Waals surface area contributed by atoms with Crippen molar-refractivity contribution in [2.45, 2.75) is 98.3 Å². The summed E-state index contributed by atoms with van der Waals surface area (Å²) >= 11 is 0. The first kappa shape index (κ1) is 28.5. The van der Waals surface area contributed by atoms with E-state index in [1.54, 1.807) is 25.7 Å². The number of unbranched alkanes of at least 4 members (excludes halogenated alkanes) is 4. The zero-order valence-corrected chi connectivity index (χ0v) is 21.5. The fourth-order valence-corrected chi connectivity index (χ4v) is 3.55. The number of nitrogens with zero attached hydrogens (tertiary/aromatic N) is 1. The second-order valence-corrected chi connectivity index (χ2v) is 9.78. The van der Waals surface area contributed by atoms with Crippen LogP contribution in [0.15, 0.2) is 24.3 Å². The van der Waals surface area contributed by atoms with Crippen LogP contribution in [0.3, 0.4) is 0 Å². The highest BCUT2D eigenvalue weighted by atomic mass is 16.6. The molecule has 0 fully saturated rings. The summed E-state index contributed by atoms with van der Waals surface area (Å²) in [5, 5.41) is 5.51. The van der Waals surface area contributed by atoms with Crippen molar-refractivity contribution < 1.29 is 19.1 Å². The Labute approximate surface area is 199 Å². The van der Waals surface area contributed by atoms with E-state index in [0.717, 1.165) is 43.2 Å². The number of benzene rings is 1. The maximum atomic E-state index is 13.3. The average Bonchev–Trinajstić information content (AvgIpc) is 2.70. The molecule has 0 radical (unpaired) electrons. The Kier molecular flexibility index (Phi) is 12.0. The molecule has 0 aliphatic carbocycles. The molecule has 0 heterocycles. The molecular weight excluding hydrogens is 418 g/mol. The van der Waals surface area contributed by atoms with Crippen LogP contribution in [-0.4, -0.2) is 47.5 Å². The molecule has 2 N–H and O–H groups in total. The number of ether oxygens (including phenoxy) is 1. The largest absolute Gasteiger partial charge is 0.444 e. The zero-order valence-electron chi connectivity index (χ0n) is 21.5. The maximum absolute atomic E-state index is 13.3. The van der Waals surface area contributed by atoms with E-state index in [1.807, 2.05) is 45.0 Å². The van der Waals surface area contributed by atoms with Gasteiger partial charge in [0.1, 0.15) is 18.2 Å². The van der Waals surface area contributed by atoms with Crippen molar-refractivity contribution in [3.05, 3.63) is 35.4 Å². The van der Waals surface area contributed by atoms with Gasteiger partial charge in [0.05, 0.1) is 0 Å². The van der Waals surface area contributed by atoms with Crippen molar-refractivity contribution in [2.75, 3.05) is 13.1 Å². The molecule has 0 aliphatic heterocycles. The van der Waals surface area contributed by atoms with E-state index >= 15 is 0 Å². The van der Waals surface area contributed by atoms with E-state index in [-0.39, 0.29) is 24.4 Å². The zero-order chi connectivity index (χ0) is 25.0. The quantitative estimate of drug-likeness (QED) is 0.434. The number of hydrogen-bond donors (Lipinski definition) is 2. The number of amides is 3. The molecule has 186 valence electrons. The summed E-state index contributed by atoms with van der Waals surface area (Å²) in [6.45, 7) is 13.4. The van der Waals surface area contributed by atoms with Gasteiger partial charge in [0.2, 0.25) is 11.8 Å². The molecule has 0 spiro atoms. The normalized spacial score (nSPS) is 12.2. The third-order valence-corrected chi connectivity index (χ3v) is 5.08. The molecule has 33 heavy (non-hydrogen) atoms. The number of nitrogens with one attached hydrogen (secondary N) is 2. The lowest BCUT2D eigenvalue weighted by Gasteiger charge is -2.33. The van der Waals surface area contributed by atoms with Gasteiger partial charge in [-0.3, -0.25) is 9.59 Å². The predicted molar refractivity (Wildman–Crippen MR) is 132 cm³/mol. The number of hydrogen-bond acceptors (Lipinski definition) is 4. The molecule has 7 heteroatoms. The standard InChI is InChI=1S/C26H43N3O4/c1-8-9-10-11-14-17-29(22(30)18-27-25(32)33-26(5,6)7)23(24(31)28-19(2)3)21-16-13-12-15-20(21)4/h12-13,15-16,19,23H,8-11,14,17-18H2,1-7H3,(H,27,32)(H,28,31). The maximum Gasteiger partial charge on any atom is 0.408 e. The van der Waals surface area contributed by atoms with E-state index < -0.39 is 17.7 Å². The minimum atomic E-state index is -0.771. The summed E-state index contributed by atoms with van der Waals surface area (Å²) < 4.78 is 5.26. The monoisotopic (exact) mass is 461 g/mol. The lowest BCUT2D eigenvalue weighted by Crippen LogP contribution is -2.49. The highest BCUT2D eigenvalue weighted by Crippen LogP contribution is 2.25. The summed E-state index contributed by atoms with van der Waals surface area (Å²) in [6, 6.07) is 6.78. The van der Waals surface area contributed by atoms with Gasteiger partial charge in [0.25, 0.3) is 0 Å². The number of carbonyl (C=O) groups excluding carboxylic acids is 3. The van der Waals surface area contributed by atoms with Gasteiger partial charge < -0.3 is 20.3 Å². The van der Waals surface area contributed by atoms with Crippen molar-refractivity contribution in [1.82, 2.24) is 15.5 Å². The highest BCUT2D eigenvalue weighted by molar-refractivity contribution is 5.90. The molecule has 0 bridgehead atoms. The Morgan fingerprint density at radius 2 is 1.67 bits per heavy atom. The Bertz CT molecular complexity index is 771. The summed E-state index contributed by atoms with van der Waals surface area (Å²) in [4.78, 5) is 40.3. The topological polar surface area (TPSA) is 87.7 Å². The van der Waals surface area contributed by atoms with E-state index in [2.05, 4.69) is 17.6 Å². The van der Waals surface area contributed by atoms with Crippen LogP contribution in [0, 0.1) is 6.92 Å². The minimum absolute atomic E-state index is 0.0644. The van der Waals surface area contributed by atoms with Crippen molar-refractivity contribution in [3.8, 4) is 0 Å². The first-order valence-corrected chi connectivity index (χ1v) is 12.1. The molecule has 1 rings (SSSR count). The van der Waals surface area contributed by atoms with Crippen molar-refractivity contribution in [1.29, 1.82) is 0 Å². The van der Waals surface area contributed by atoms with Gasteiger partial charge in [-0.05, 0) is 59.1 Å². The van der Waals surface area contributed by atoms with Crippen LogP contribution in [0.2, 0.25) is 0 Å². The summed E-state index contributed by atoms with van der Waals surface area (Å²) in [5.41, 5.74) is 1.06. The Morgan fingerprint density at radius 1 is 1.03 bits per heavy atom. The second-order valence-electron chi connectivity index (χ2n) is 9.78. The summed E-state index contributed by atoms with van der Waals surface area (Å²) in [7, 11) is 0. The molecule has 0 saturated carbocycles. The number of rotatable bonds is 12. The Morgan fingerprint density at radius 3 is 2.24 bits per heavy atom. The van der Waals surface area contributed by atoms with Crippen LogP contribution in [0.5, 0.6) is 0 Å². The molecule has 0 aromatic heterocycles. The van der Waals surface area contributed by atoms with Gasteiger partial charge in [-0.2, -0.15) is 0 Å². The SMILES string of the molecule is CCCCCCCN(C(=O)CNC(=O)OC(C)(C)C)C(C(=O)NC(C)C)c1ccccc1C. The van der Waals surface area contributed by atoms with Crippen LogP contribution in [0.1, 0.15) is 90.8 Å². The van der Waals surface area contributed by atoms with Crippen LogP contribution < -0.4 is 10.6 Å². The molecule has 1 aromatic carbocycles. The first-order valence-electron chi connectivity index (χ1n) is 12.1. The molecule has 1 atom stereocenters. The van der Waals surface area contributed by atoms with Crippen molar-refractivity contribution >= 4 is 17.9 Å². The molecule has 3 amide bonds. The third kappa shape index (κ3) is 10.7. The van der Waals surface area contributed by atoms with E-state index in [0.29, 0.717) is 6.54 Å². The summed E-state index contributed by atoms with van der Waals surface area (Å²) in [5.74, 6) is -0.540. The van der Waals surface area contributed by atoms with Gasteiger partial charge in [0, 0.05) is 12.6 Å². The fourth-order valence-electron chi connectivity index (χ4n) is 3.55. The van der Waals surface area contributed by atoms with E-state index in [1.165, 1.54) is 0 Å². The Hall–Kier alpha value is -2.57. The smallest absolute Gasteiger partial charge is 0.408 e.